The number of aromatic nitrogens is 2. The van der Waals surface area contributed by atoms with E-state index in [9.17, 15) is 0 Å². The normalized spacial score (nSPS) is 13.3. The lowest BCUT2D eigenvalue weighted by Gasteiger charge is -1.90. The van der Waals surface area contributed by atoms with E-state index in [1.165, 1.54) is 10.6 Å². The summed E-state index contributed by atoms with van der Waals surface area (Å²) in [7, 11) is 0. The first kappa shape index (κ1) is 8.05. The van der Waals surface area contributed by atoms with Gasteiger partial charge in [0, 0.05) is 6.65 Å². The predicted molar refractivity (Wildman–Crippen MR) is 49.5 cm³/mol. The predicted octanol–water partition coefficient (Wildman–Crippen LogP) is 1.04. The number of hydrogen-bond donors (Lipinski definition) is 1. The first-order valence-corrected chi connectivity index (χ1v) is 4.16. The molecule has 2 rings (SSSR count). The van der Waals surface area contributed by atoms with Crippen LogP contribution in [0.25, 0.3) is 12.2 Å². The van der Waals surface area contributed by atoms with Crippen molar-refractivity contribution in [3.63, 3.8) is 0 Å². The van der Waals surface area contributed by atoms with E-state index in [-0.39, 0.29) is 1.43 Å². The summed E-state index contributed by atoms with van der Waals surface area (Å²) in [6.45, 7) is 4.00. The van der Waals surface area contributed by atoms with Crippen molar-refractivity contribution in [3.05, 3.63) is 16.8 Å². The first-order chi connectivity index (χ1) is 5.47. The summed E-state index contributed by atoms with van der Waals surface area (Å²) in [6.07, 6.45) is 8.56. The van der Waals surface area contributed by atoms with E-state index < -0.39 is 0 Å². The Morgan fingerprint density at radius 3 is 2.82 bits per heavy atom. The zero-order chi connectivity index (χ0) is 8.10. The highest BCUT2D eigenvalue weighted by Crippen LogP contribution is 1.92. The highest BCUT2D eigenvalue weighted by Gasteiger charge is 1.91. The second-order valence-electron chi connectivity index (χ2n) is 2.22. The number of nitrogens with one attached hydrogen (secondary N) is 1. The van der Waals surface area contributed by atoms with E-state index in [0.717, 1.165) is 12.8 Å². The molecule has 1 aromatic heterocycles. The van der Waals surface area contributed by atoms with E-state index in [1.54, 1.807) is 0 Å². The SMILES string of the molecule is C1=c2cn[nH]c2=CCC1.CC.[HH]. The summed E-state index contributed by atoms with van der Waals surface area (Å²) in [5, 5.41) is 9.27. The molecule has 62 valence electrons. The van der Waals surface area contributed by atoms with Crippen LogP contribution >= 0.6 is 0 Å². The minimum Gasteiger partial charge on any atom is -0.278 e. The number of nitrogens with zero attached hydrogens (tertiary/aromatic N) is 1. The van der Waals surface area contributed by atoms with Crippen molar-refractivity contribution in [2.75, 3.05) is 0 Å². The third kappa shape index (κ3) is 1.70. The maximum absolute atomic E-state index is 3.92. The number of rotatable bonds is 0. The lowest BCUT2D eigenvalue weighted by atomic mass is 10.2. The van der Waals surface area contributed by atoms with Gasteiger partial charge < -0.3 is 0 Å². The van der Waals surface area contributed by atoms with Crippen molar-refractivity contribution in [2.24, 2.45) is 0 Å². The molecule has 0 aromatic carbocycles. The van der Waals surface area contributed by atoms with E-state index in [1.807, 2.05) is 20.0 Å². The van der Waals surface area contributed by atoms with Gasteiger partial charge in [0.2, 0.25) is 0 Å². The van der Waals surface area contributed by atoms with Crippen LogP contribution in [0.3, 0.4) is 0 Å². The zero-order valence-electron chi connectivity index (χ0n) is 7.09. The third-order valence-electron chi connectivity index (χ3n) is 1.58. The molecule has 0 saturated heterocycles. The van der Waals surface area contributed by atoms with E-state index in [2.05, 4.69) is 22.3 Å². The Kier molecular flexibility index (Phi) is 2.90. The Labute approximate surface area is 68.1 Å². The topological polar surface area (TPSA) is 28.7 Å². The van der Waals surface area contributed by atoms with Crippen LogP contribution in [-0.4, -0.2) is 10.2 Å². The Morgan fingerprint density at radius 2 is 2.09 bits per heavy atom. The molecule has 2 nitrogen and oxygen atoms in total. The van der Waals surface area contributed by atoms with Crippen LogP contribution in [0.4, 0.5) is 0 Å². The second kappa shape index (κ2) is 3.96. The Morgan fingerprint density at radius 1 is 1.36 bits per heavy atom. The van der Waals surface area contributed by atoms with Gasteiger partial charge in [0.15, 0.2) is 0 Å². The van der Waals surface area contributed by atoms with Crippen LogP contribution in [-0.2, 0) is 0 Å². The van der Waals surface area contributed by atoms with Gasteiger partial charge in [-0.15, -0.1) is 0 Å². The lowest BCUT2D eigenvalue weighted by Crippen LogP contribution is -2.23. The Hall–Kier alpha value is -1.05. The van der Waals surface area contributed by atoms with Crippen LogP contribution in [0.5, 0.6) is 0 Å². The van der Waals surface area contributed by atoms with Gasteiger partial charge in [-0.3, -0.25) is 5.10 Å². The van der Waals surface area contributed by atoms with Crippen molar-refractivity contribution >= 4 is 12.2 Å². The summed E-state index contributed by atoms with van der Waals surface area (Å²) in [5.74, 6) is 0. The van der Waals surface area contributed by atoms with Crippen LogP contribution < -0.4 is 10.6 Å². The van der Waals surface area contributed by atoms with E-state index in [0.29, 0.717) is 0 Å². The molecule has 0 amide bonds. The van der Waals surface area contributed by atoms with Gasteiger partial charge in [-0.1, -0.05) is 26.0 Å². The lowest BCUT2D eigenvalue weighted by molar-refractivity contribution is 1.04. The van der Waals surface area contributed by atoms with Gasteiger partial charge in [0.05, 0.1) is 11.5 Å². The van der Waals surface area contributed by atoms with Crippen molar-refractivity contribution in [3.8, 4) is 0 Å². The maximum Gasteiger partial charge on any atom is 0.0607 e. The largest absolute Gasteiger partial charge is 0.278 e. The third-order valence-corrected chi connectivity index (χ3v) is 1.58. The molecule has 11 heavy (non-hydrogen) atoms. The minimum atomic E-state index is 0. The summed E-state index contributed by atoms with van der Waals surface area (Å²) in [4.78, 5) is 0. The maximum atomic E-state index is 3.92. The van der Waals surface area contributed by atoms with Gasteiger partial charge >= 0.3 is 0 Å². The number of aromatic amines is 1. The van der Waals surface area contributed by atoms with Crippen LogP contribution in [0.1, 0.15) is 28.1 Å². The fourth-order valence-corrected chi connectivity index (χ4v) is 1.10. The van der Waals surface area contributed by atoms with E-state index >= 15 is 0 Å². The highest BCUT2D eigenvalue weighted by molar-refractivity contribution is 5.34. The molecule has 1 heterocycles. The fourth-order valence-electron chi connectivity index (χ4n) is 1.10. The molecule has 1 aliphatic carbocycles. The fraction of sp³-hybridized carbons (Fsp3) is 0.444. The van der Waals surface area contributed by atoms with Crippen molar-refractivity contribution in [1.29, 1.82) is 0 Å². The molecule has 0 saturated carbocycles. The monoisotopic (exact) mass is 152 g/mol. The summed E-state index contributed by atoms with van der Waals surface area (Å²) in [5.41, 5.74) is 0. The van der Waals surface area contributed by atoms with Crippen LogP contribution in [0, 0.1) is 0 Å². The number of H-pyrrole nitrogens is 1. The highest BCUT2D eigenvalue weighted by atomic mass is 15.1. The van der Waals surface area contributed by atoms with Gasteiger partial charge in [-0.25, -0.2) is 0 Å². The molecule has 0 atom stereocenters. The molecule has 0 fully saturated rings. The molecule has 2 heteroatoms. The summed E-state index contributed by atoms with van der Waals surface area (Å²) >= 11 is 0. The summed E-state index contributed by atoms with van der Waals surface area (Å²) in [6, 6.07) is 0. The van der Waals surface area contributed by atoms with Gasteiger partial charge in [0.1, 0.15) is 0 Å². The zero-order valence-corrected chi connectivity index (χ0v) is 7.09. The average molecular weight is 152 g/mol. The van der Waals surface area contributed by atoms with Crippen LogP contribution in [0.2, 0.25) is 0 Å². The minimum absolute atomic E-state index is 0. The van der Waals surface area contributed by atoms with Crippen LogP contribution in [0.15, 0.2) is 6.20 Å². The van der Waals surface area contributed by atoms with Crippen molar-refractivity contribution in [1.82, 2.24) is 10.2 Å². The second-order valence-corrected chi connectivity index (χ2v) is 2.22. The molecule has 1 N–H and O–H groups in total. The van der Waals surface area contributed by atoms with Gasteiger partial charge in [-0.05, 0) is 12.8 Å². The summed E-state index contributed by atoms with van der Waals surface area (Å²) < 4.78 is 0. The molecule has 0 bridgehead atoms. The van der Waals surface area contributed by atoms with Crippen molar-refractivity contribution < 1.29 is 1.43 Å². The Balaban J connectivity index is 0.000000378. The van der Waals surface area contributed by atoms with Crippen molar-refractivity contribution in [2.45, 2.75) is 26.7 Å². The first-order valence-electron chi connectivity index (χ1n) is 4.16. The molecule has 1 aliphatic rings. The quantitative estimate of drug-likeness (QED) is 0.591. The molecular formula is C9H16N2. The van der Waals surface area contributed by atoms with Gasteiger partial charge in [-0.2, -0.15) is 5.10 Å². The molecule has 0 aliphatic heterocycles. The smallest absolute Gasteiger partial charge is 0.0607 e. The van der Waals surface area contributed by atoms with E-state index in [4.69, 9.17) is 0 Å². The molecule has 0 spiro atoms. The molecule has 0 radical (unpaired) electrons. The van der Waals surface area contributed by atoms with Gasteiger partial charge in [0.25, 0.3) is 0 Å². The molecular weight excluding hydrogens is 136 g/mol. The Bertz CT molecular complexity index is 283. The average Bonchev–Trinajstić information content (AvgIpc) is 2.55. The number of hydrogen-bond acceptors (Lipinski definition) is 1. The molecule has 1 aromatic rings. The number of fused-ring (bicyclic) bond motifs is 1. The standard InChI is InChI=1S/C7H8N2.C2H6.H2/c1-2-4-7-6(3-1)5-8-9-7;1-2;/h3-5,9H,1-2H2;1-2H3;1H. The molecule has 0 unspecified atom stereocenters.